The van der Waals surface area contributed by atoms with Crippen molar-refractivity contribution in [2.45, 2.75) is 18.9 Å². The zero-order chi connectivity index (χ0) is 16.4. The number of hydrogen-bond acceptors (Lipinski definition) is 4. The number of benzene rings is 2. The SMILES string of the molecule is O=C(c1ccc2c(c1)OCO2)N(CC1CCCO1)c1ccccc1. The minimum absolute atomic E-state index is 0.0602. The van der Waals surface area contributed by atoms with Gasteiger partial charge in [-0.3, -0.25) is 4.79 Å². The van der Waals surface area contributed by atoms with E-state index in [9.17, 15) is 4.79 Å². The molecule has 0 N–H and O–H groups in total. The van der Waals surface area contributed by atoms with Crippen LogP contribution in [-0.2, 0) is 4.74 Å². The van der Waals surface area contributed by atoms with E-state index in [0.717, 1.165) is 25.1 Å². The van der Waals surface area contributed by atoms with Crippen molar-refractivity contribution in [2.75, 3.05) is 24.8 Å². The molecule has 1 amide bonds. The molecule has 2 aliphatic heterocycles. The quantitative estimate of drug-likeness (QED) is 0.866. The molecule has 0 bridgehead atoms. The molecule has 2 aromatic rings. The van der Waals surface area contributed by atoms with E-state index in [1.54, 1.807) is 23.1 Å². The number of hydrogen-bond donors (Lipinski definition) is 0. The van der Waals surface area contributed by atoms with E-state index in [1.165, 1.54) is 0 Å². The van der Waals surface area contributed by atoms with E-state index >= 15 is 0 Å². The second kappa shape index (κ2) is 6.53. The van der Waals surface area contributed by atoms with E-state index in [1.807, 2.05) is 30.3 Å². The zero-order valence-electron chi connectivity index (χ0n) is 13.3. The van der Waals surface area contributed by atoms with Gasteiger partial charge in [0.2, 0.25) is 6.79 Å². The lowest BCUT2D eigenvalue weighted by atomic mass is 10.1. The Morgan fingerprint density at radius 2 is 1.92 bits per heavy atom. The van der Waals surface area contributed by atoms with Gasteiger partial charge in [-0.15, -0.1) is 0 Å². The minimum atomic E-state index is -0.0602. The third-order valence-electron chi connectivity index (χ3n) is 4.34. The fraction of sp³-hybridized carbons (Fsp3) is 0.316. The first-order valence-corrected chi connectivity index (χ1v) is 8.19. The standard InChI is InChI=1S/C19H19NO4/c21-19(14-8-9-17-18(11-14)24-13-23-17)20(12-16-7-4-10-22-16)15-5-2-1-3-6-15/h1-3,5-6,8-9,11,16H,4,7,10,12-13H2. The molecule has 0 spiro atoms. The van der Waals surface area contributed by atoms with Gasteiger partial charge in [0, 0.05) is 17.9 Å². The van der Waals surface area contributed by atoms with Crippen LogP contribution in [0.5, 0.6) is 11.5 Å². The smallest absolute Gasteiger partial charge is 0.258 e. The minimum Gasteiger partial charge on any atom is -0.454 e. The summed E-state index contributed by atoms with van der Waals surface area (Å²) >= 11 is 0. The predicted molar refractivity (Wildman–Crippen MR) is 89.7 cm³/mol. The molecule has 0 radical (unpaired) electrons. The number of para-hydroxylation sites is 1. The first kappa shape index (κ1) is 15.0. The highest BCUT2D eigenvalue weighted by atomic mass is 16.7. The van der Waals surface area contributed by atoms with Crippen LogP contribution >= 0.6 is 0 Å². The van der Waals surface area contributed by atoms with Gasteiger partial charge in [0.25, 0.3) is 5.91 Å². The van der Waals surface area contributed by atoms with Crippen LogP contribution in [0.2, 0.25) is 0 Å². The van der Waals surface area contributed by atoms with Gasteiger partial charge in [0.15, 0.2) is 11.5 Å². The Balaban J connectivity index is 1.63. The molecule has 5 nitrogen and oxygen atoms in total. The second-order valence-corrected chi connectivity index (χ2v) is 5.95. The average Bonchev–Trinajstić information content (AvgIpc) is 3.30. The summed E-state index contributed by atoms with van der Waals surface area (Å²) in [6.07, 6.45) is 2.12. The molecule has 24 heavy (non-hydrogen) atoms. The number of ether oxygens (including phenoxy) is 3. The third-order valence-corrected chi connectivity index (χ3v) is 4.34. The largest absolute Gasteiger partial charge is 0.454 e. The Morgan fingerprint density at radius 1 is 1.08 bits per heavy atom. The van der Waals surface area contributed by atoms with Gasteiger partial charge >= 0.3 is 0 Å². The maximum atomic E-state index is 13.1. The number of amides is 1. The number of nitrogens with zero attached hydrogens (tertiary/aromatic N) is 1. The van der Waals surface area contributed by atoms with Crippen molar-refractivity contribution in [3.8, 4) is 11.5 Å². The normalized spacial score (nSPS) is 18.6. The summed E-state index contributed by atoms with van der Waals surface area (Å²) in [5.41, 5.74) is 1.46. The van der Waals surface area contributed by atoms with Crippen LogP contribution in [0.1, 0.15) is 23.2 Å². The second-order valence-electron chi connectivity index (χ2n) is 5.95. The number of anilines is 1. The van der Waals surface area contributed by atoms with Gasteiger partial charge in [0.05, 0.1) is 12.6 Å². The van der Waals surface area contributed by atoms with Crippen LogP contribution in [-0.4, -0.2) is 32.0 Å². The first-order chi connectivity index (χ1) is 11.8. The Morgan fingerprint density at radius 3 is 2.71 bits per heavy atom. The fourth-order valence-corrected chi connectivity index (χ4v) is 3.09. The highest BCUT2D eigenvalue weighted by Crippen LogP contribution is 2.33. The maximum absolute atomic E-state index is 13.1. The molecule has 0 saturated carbocycles. The summed E-state index contributed by atoms with van der Waals surface area (Å²) < 4.78 is 16.4. The van der Waals surface area contributed by atoms with Crippen molar-refractivity contribution >= 4 is 11.6 Å². The Labute approximate surface area is 140 Å². The van der Waals surface area contributed by atoms with E-state index in [4.69, 9.17) is 14.2 Å². The number of carbonyl (C=O) groups is 1. The van der Waals surface area contributed by atoms with Crippen LogP contribution in [0.15, 0.2) is 48.5 Å². The van der Waals surface area contributed by atoms with E-state index in [0.29, 0.717) is 23.6 Å². The van der Waals surface area contributed by atoms with Crippen LogP contribution < -0.4 is 14.4 Å². The summed E-state index contributed by atoms with van der Waals surface area (Å²) in [5, 5.41) is 0. The molecular weight excluding hydrogens is 306 g/mol. The van der Waals surface area contributed by atoms with Gasteiger partial charge in [-0.1, -0.05) is 18.2 Å². The van der Waals surface area contributed by atoms with Crippen molar-refractivity contribution in [1.82, 2.24) is 0 Å². The van der Waals surface area contributed by atoms with E-state index in [2.05, 4.69) is 0 Å². The molecule has 124 valence electrons. The number of fused-ring (bicyclic) bond motifs is 1. The Kier molecular flexibility index (Phi) is 4.09. The molecular formula is C19H19NO4. The molecule has 2 aliphatic rings. The monoisotopic (exact) mass is 325 g/mol. The fourth-order valence-electron chi connectivity index (χ4n) is 3.09. The molecule has 5 heteroatoms. The highest BCUT2D eigenvalue weighted by Gasteiger charge is 2.26. The molecule has 2 heterocycles. The molecule has 2 aromatic carbocycles. The molecule has 1 saturated heterocycles. The van der Waals surface area contributed by atoms with Crippen LogP contribution in [0, 0.1) is 0 Å². The number of rotatable bonds is 4. The first-order valence-electron chi connectivity index (χ1n) is 8.19. The lowest BCUT2D eigenvalue weighted by Crippen LogP contribution is -2.37. The van der Waals surface area contributed by atoms with E-state index < -0.39 is 0 Å². The van der Waals surface area contributed by atoms with Crippen molar-refractivity contribution in [3.05, 3.63) is 54.1 Å². The molecule has 1 unspecified atom stereocenters. The van der Waals surface area contributed by atoms with Crippen molar-refractivity contribution in [1.29, 1.82) is 0 Å². The topological polar surface area (TPSA) is 48.0 Å². The average molecular weight is 325 g/mol. The van der Waals surface area contributed by atoms with Gasteiger partial charge in [0.1, 0.15) is 0 Å². The summed E-state index contributed by atoms with van der Waals surface area (Å²) in [6, 6.07) is 15.0. The lowest BCUT2D eigenvalue weighted by molar-refractivity contribution is 0.0917. The summed E-state index contributed by atoms with van der Waals surface area (Å²) in [7, 11) is 0. The van der Waals surface area contributed by atoms with E-state index in [-0.39, 0.29) is 18.8 Å². The number of carbonyl (C=O) groups excluding carboxylic acids is 1. The Bertz CT molecular complexity index is 725. The Hall–Kier alpha value is -2.53. The lowest BCUT2D eigenvalue weighted by Gasteiger charge is -2.25. The molecule has 1 atom stereocenters. The summed E-state index contributed by atoms with van der Waals surface area (Å²) in [6.45, 7) is 1.52. The van der Waals surface area contributed by atoms with Crippen molar-refractivity contribution in [2.24, 2.45) is 0 Å². The van der Waals surface area contributed by atoms with Crippen LogP contribution in [0.4, 0.5) is 5.69 Å². The van der Waals surface area contributed by atoms with Crippen LogP contribution in [0.3, 0.4) is 0 Å². The maximum Gasteiger partial charge on any atom is 0.258 e. The predicted octanol–water partition coefficient (Wildman–Crippen LogP) is 3.24. The zero-order valence-corrected chi connectivity index (χ0v) is 13.3. The van der Waals surface area contributed by atoms with Crippen molar-refractivity contribution in [3.63, 3.8) is 0 Å². The van der Waals surface area contributed by atoms with Gasteiger partial charge in [-0.05, 0) is 43.2 Å². The van der Waals surface area contributed by atoms with Gasteiger partial charge in [-0.25, -0.2) is 0 Å². The summed E-state index contributed by atoms with van der Waals surface area (Å²) in [4.78, 5) is 14.9. The highest BCUT2D eigenvalue weighted by molar-refractivity contribution is 6.06. The molecule has 1 fully saturated rings. The third kappa shape index (κ3) is 2.95. The van der Waals surface area contributed by atoms with Gasteiger partial charge < -0.3 is 19.1 Å². The van der Waals surface area contributed by atoms with Gasteiger partial charge in [-0.2, -0.15) is 0 Å². The molecule has 4 rings (SSSR count). The van der Waals surface area contributed by atoms with Crippen LogP contribution in [0.25, 0.3) is 0 Å². The molecule has 0 aliphatic carbocycles. The molecule has 0 aromatic heterocycles. The van der Waals surface area contributed by atoms with Crippen molar-refractivity contribution < 1.29 is 19.0 Å². The summed E-state index contributed by atoms with van der Waals surface area (Å²) in [5.74, 6) is 1.23.